The highest BCUT2D eigenvalue weighted by Gasteiger charge is 2.38. The highest BCUT2D eigenvalue weighted by atomic mass is 32.1. The van der Waals surface area contributed by atoms with Crippen molar-refractivity contribution >= 4 is 23.2 Å². The van der Waals surface area contributed by atoms with Gasteiger partial charge in [-0.05, 0) is 25.0 Å². The number of halogens is 3. The molecule has 0 aliphatic heterocycles. The first-order chi connectivity index (χ1) is 12.2. The molecule has 0 unspecified atom stereocenters. The summed E-state index contributed by atoms with van der Waals surface area (Å²) in [5.41, 5.74) is 0. The third-order valence-corrected chi connectivity index (χ3v) is 4.74. The van der Waals surface area contributed by atoms with Gasteiger partial charge in [-0.2, -0.15) is 18.2 Å². The average molecular weight is 388 g/mol. The van der Waals surface area contributed by atoms with Crippen LogP contribution in [-0.4, -0.2) is 39.4 Å². The van der Waals surface area contributed by atoms with Crippen LogP contribution in [0.5, 0.6) is 0 Å². The van der Waals surface area contributed by atoms with Crippen molar-refractivity contribution in [1.29, 1.82) is 0 Å². The van der Waals surface area contributed by atoms with E-state index in [4.69, 9.17) is 0 Å². The maximum Gasteiger partial charge on any atom is 0.471 e. The normalized spacial score (nSPS) is 14.3. The van der Waals surface area contributed by atoms with Gasteiger partial charge < -0.3 is 14.7 Å². The molecule has 3 rings (SSSR count). The molecule has 2 amide bonds. The molecular weight excluding hydrogens is 373 g/mol. The zero-order chi connectivity index (χ0) is 18.9. The molecule has 7 nitrogen and oxygen atoms in total. The molecule has 0 aromatic carbocycles. The van der Waals surface area contributed by atoms with Gasteiger partial charge in [0.1, 0.15) is 0 Å². The molecule has 0 bridgehead atoms. The maximum atomic E-state index is 12.5. The minimum absolute atomic E-state index is 0.0795. The molecule has 1 aliphatic rings. The van der Waals surface area contributed by atoms with Crippen LogP contribution < -0.4 is 5.32 Å². The summed E-state index contributed by atoms with van der Waals surface area (Å²) in [6, 6.07) is 3.43. The van der Waals surface area contributed by atoms with Crippen LogP contribution in [-0.2, 0) is 22.3 Å². The highest BCUT2D eigenvalue weighted by molar-refractivity contribution is 7.15. The number of aromatic nitrogens is 2. The Morgan fingerprint density at radius 2 is 2.12 bits per heavy atom. The van der Waals surface area contributed by atoms with E-state index >= 15 is 0 Å². The van der Waals surface area contributed by atoms with Crippen molar-refractivity contribution in [2.45, 2.75) is 38.5 Å². The van der Waals surface area contributed by atoms with Gasteiger partial charge in [0.2, 0.25) is 17.6 Å². The summed E-state index contributed by atoms with van der Waals surface area (Å²) in [5, 5.41) is 5.83. The summed E-state index contributed by atoms with van der Waals surface area (Å²) in [4.78, 5) is 29.5. The molecule has 1 saturated carbocycles. The molecule has 1 aliphatic carbocycles. The van der Waals surface area contributed by atoms with Gasteiger partial charge in [-0.25, -0.2) is 0 Å². The Morgan fingerprint density at radius 3 is 2.69 bits per heavy atom. The largest absolute Gasteiger partial charge is 0.471 e. The standard InChI is InChI=1S/C15H15F3N4O3S/c1-8(23)19-6-12(24)22(9-2-3-9)7-10-4-5-11(26-10)13-20-14(25-21-13)15(16,17)18/h4-5,9H,2-3,6-7H2,1H3,(H,19,23). The summed E-state index contributed by atoms with van der Waals surface area (Å²) >= 11 is 1.19. The van der Waals surface area contributed by atoms with E-state index in [1.807, 2.05) is 0 Å². The van der Waals surface area contributed by atoms with Crippen molar-refractivity contribution in [1.82, 2.24) is 20.4 Å². The van der Waals surface area contributed by atoms with Gasteiger partial charge >= 0.3 is 12.1 Å². The van der Waals surface area contributed by atoms with E-state index in [9.17, 15) is 22.8 Å². The average Bonchev–Trinajstić information content (AvgIpc) is 3.08. The lowest BCUT2D eigenvalue weighted by molar-refractivity contribution is -0.159. The van der Waals surface area contributed by atoms with Crippen LogP contribution in [0.2, 0.25) is 0 Å². The SMILES string of the molecule is CC(=O)NCC(=O)N(Cc1ccc(-c2noc(C(F)(F)F)n2)s1)C1CC1. The molecular formula is C15H15F3N4O3S. The predicted molar refractivity (Wildman–Crippen MR) is 84.9 cm³/mol. The molecule has 2 aromatic rings. The molecule has 11 heteroatoms. The molecule has 0 radical (unpaired) electrons. The molecule has 0 saturated heterocycles. The van der Waals surface area contributed by atoms with Gasteiger partial charge in [0.15, 0.2) is 0 Å². The number of nitrogens with one attached hydrogen (secondary N) is 1. The summed E-state index contributed by atoms with van der Waals surface area (Å²) < 4.78 is 41.9. The van der Waals surface area contributed by atoms with Crippen molar-refractivity contribution in [2.75, 3.05) is 6.54 Å². The summed E-state index contributed by atoms with van der Waals surface area (Å²) in [6.45, 7) is 1.57. The number of hydrogen-bond donors (Lipinski definition) is 1. The Balaban J connectivity index is 1.69. The van der Waals surface area contributed by atoms with E-state index in [0.717, 1.165) is 17.7 Å². The van der Waals surface area contributed by atoms with Crippen molar-refractivity contribution in [3.05, 3.63) is 22.9 Å². The minimum Gasteiger partial charge on any atom is -0.347 e. The first kappa shape index (κ1) is 18.4. The number of carbonyl (C=O) groups is 2. The number of nitrogens with zero attached hydrogens (tertiary/aromatic N) is 3. The molecule has 2 heterocycles. The zero-order valence-corrected chi connectivity index (χ0v) is 14.5. The third-order valence-electron chi connectivity index (χ3n) is 3.67. The monoisotopic (exact) mass is 388 g/mol. The number of amides is 2. The van der Waals surface area contributed by atoms with Crippen molar-refractivity contribution in [2.24, 2.45) is 0 Å². The van der Waals surface area contributed by atoms with Crippen LogP contribution in [0.25, 0.3) is 10.7 Å². The summed E-state index contributed by atoms with van der Waals surface area (Å²) in [7, 11) is 0. The van der Waals surface area contributed by atoms with E-state index in [-0.39, 0.29) is 30.2 Å². The Hall–Kier alpha value is -2.43. The van der Waals surface area contributed by atoms with Gasteiger partial charge in [0.05, 0.1) is 18.0 Å². The molecule has 26 heavy (non-hydrogen) atoms. The molecule has 1 fully saturated rings. The first-order valence-corrected chi connectivity index (χ1v) is 8.59. The Kier molecular flexibility index (Phi) is 4.99. The Labute approximate surface area is 150 Å². The summed E-state index contributed by atoms with van der Waals surface area (Å²) in [5.74, 6) is -2.02. The maximum absolute atomic E-state index is 12.5. The number of rotatable bonds is 6. The second kappa shape index (κ2) is 7.06. The van der Waals surface area contributed by atoms with E-state index in [2.05, 4.69) is 20.0 Å². The zero-order valence-electron chi connectivity index (χ0n) is 13.7. The topological polar surface area (TPSA) is 88.3 Å². The van der Waals surface area contributed by atoms with E-state index < -0.39 is 12.1 Å². The van der Waals surface area contributed by atoms with Crippen molar-refractivity contribution in [3.8, 4) is 10.7 Å². The lowest BCUT2D eigenvalue weighted by Gasteiger charge is -2.21. The van der Waals surface area contributed by atoms with E-state index in [1.54, 1.807) is 17.0 Å². The second-order valence-electron chi connectivity index (χ2n) is 5.85. The number of carbonyl (C=O) groups excluding carboxylic acids is 2. The van der Waals surface area contributed by atoms with Crippen molar-refractivity contribution in [3.63, 3.8) is 0 Å². The van der Waals surface area contributed by atoms with Gasteiger partial charge in [0.25, 0.3) is 0 Å². The fourth-order valence-corrected chi connectivity index (χ4v) is 3.23. The van der Waals surface area contributed by atoms with Crippen LogP contribution in [0.15, 0.2) is 16.7 Å². The van der Waals surface area contributed by atoms with Gasteiger partial charge in [-0.15, -0.1) is 11.3 Å². The van der Waals surface area contributed by atoms with Crippen LogP contribution in [0.4, 0.5) is 13.2 Å². The molecule has 140 valence electrons. The van der Waals surface area contributed by atoms with E-state index in [0.29, 0.717) is 11.4 Å². The van der Waals surface area contributed by atoms with Crippen LogP contribution in [0.3, 0.4) is 0 Å². The van der Waals surface area contributed by atoms with Crippen LogP contribution in [0, 0.1) is 0 Å². The smallest absolute Gasteiger partial charge is 0.347 e. The molecule has 0 spiro atoms. The van der Waals surface area contributed by atoms with Crippen molar-refractivity contribution < 1.29 is 27.3 Å². The van der Waals surface area contributed by atoms with Gasteiger partial charge in [0, 0.05) is 17.8 Å². The second-order valence-corrected chi connectivity index (χ2v) is 7.02. The van der Waals surface area contributed by atoms with Crippen LogP contribution >= 0.6 is 11.3 Å². The number of alkyl halides is 3. The molecule has 0 atom stereocenters. The molecule has 1 N–H and O–H groups in total. The fraction of sp³-hybridized carbons (Fsp3) is 0.467. The molecule has 2 aromatic heterocycles. The quantitative estimate of drug-likeness (QED) is 0.821. The highest BCUT2D eigenvalue weighted by Crippen LogP contribution is 2.34. The van der Waals surface area contributed by atoms with Crippen LogP contribution in [0.1, 0.15) is 30.5 Å². The summed E-state index contributed by atoms with van der Waals surface area (Å²) in [6.07, 6.45) is -2.90. The van der Waals surface area contributed by atoms with E-state index in [1.165, 1.54) is 18.3 Å². The van der Waals surface area contributed by atoms with Gasteiger partial charge in [-0.3, -0.25) is 9.59 Å². The Morgan fingerprint density at radius 1 is 1.38 bits per heavy atom. The predicted octanol–water partition coefficient (Wildman–Crippen LogP) is 2.44. The number of thiophene rings is 1. The lowest BCUT2D eigenvalue weighted by Crippen LogP contribution is -2.40. The Bertz CT molecular complexity index is 813. The first-order valence-electron chi connectivity index (χ1n) is 7.78. The fourth-order valence-electron chi connectivity index (χ4n) is 2.30. The lowest BCUT2D eigenvalue weighted by atomic mass is 10.3. The third kappa shape index (κ3) is 4.40. The minimum atomic E-state index is -4.69. The number of hydrogen-bond acceptors (Lipinski definition) is 6. The van der Waals surface area contributed by atoms with Gasteiger partial charge in [-0.1, -0.05) is 5.16 Å².